The number of anilines is 3. The number of aryl methyl sites for hydroxylation is 2. The van der Waals surface area contributed by atoms with Crippen molar-refractivity contribution in [1.82, 2.24) is 4.98 Å². The summed E-state index contributed by atoms with van der Waals surface area (Å²) in [5.41, 5.74) is 15.1. The van der Waals surface area contributed by atoms with Gasteiger partial charge in [0.2, 0.25) is 0 Å². The van der Waals surface area contributed by atoms with Crippen LogP contribution in [0.3, 0.4) is 0 Å². The highest BCUT2D eigenvalue weighted by Gasteiger charge is 2.24. The van der Waals surface area contributed by atoms with Gasteiger partial charge < -0.3 is 22.1 Å². The number of halogens is 1. The van der Waals surface area contributed by atoms with Crippen molar-refractivity contribution in [2.24, 2.45) is 11.5 Å². The molecule has 1 heterocycles. The molecule has 1 fully saturated rings. The molecular weight excluding hydrogens is 357 g/mol. The van der Waals surface area contributed by atoms with Crippen molar-refractivity contribution in [2.75, 3.05) is 10.6 Å². The molecule has 0 radical (unpaired) electrons. The SMILES string of the molecule is NC(=O)c1cc(F)c(NC2CCCCC2N)nc1Nc1ccc2c(c1)CCC2. The van der Waals surface area contributed by atoms with Crippen LogP contribution in [-0.4, -0.2) is 23.0 Å². The van der Waals surface area contributed by atoms with Gasteiger partial charge in [0.05, 0.1) is 5.56 Å². The van der Waals surface area contributed by atoms with E-state index in [2.05, 4.69) is 27.8 Å². The first-order chi connectivity index (χ1) is 13.5. The number of benzene rings is 1. The Morgan fingerprint density at radius 2 is 1.86 bits per heavy atom. The molecule has 2 aliphatic carbocycles. The van der Waals surface area contributed by atoms with E-state index in [9.17, 15) is 9.18 Å². The molecule has 6 nitrogen and oxygen atoms in total. The molecule has 2 atom stereocenters. The second kappa shape index (κ2) is 7.75. The standard InChI is InChI=1S/C21H26FN5O/c22-16-11-15(19(24)28)20(25-14-9-8-12-4-3-5-13(12)10-14)27-21(16)26-18-7-2-1-6-17(18)23/h8-11,17-18H,1-7,23H2,(H2,24,28)(H2,25,26,27). The highest BCUT2D eigenvalue weighted by molar-refractivity contribution is 5.98. The number of nitrogens with two attached hydrogens (primary N) is 2. The third kappa shape index (κ3) is 3.80. The summed E-state index contributed by atoms with van der Waals surface area (Å²) in [6.45, 7) is 0. The normalized spacial score (nSPS) is 21.2. The lowest BCUT2D eigenvalue weighted by Gasteiger charge is -2.30. The molecule has 0 aliphatic heterocycles. The first kappa shape index (κ1) is 18.7. The fraction of sp³-hybridized carbons (Fsp3) is 0.429. The molecule has 2 unspecified atom stereocenters. The van der Waals surface area contributed by atoms with Crippen LogP contribution in [0.15, 0.2) is 24.3 Å². The van der Waals surface area contributed by atoms with Gasteiger partial charge in [0, 0.05) is 17.8 Å². The van der Waals surface area contributed by atoms with E-state index in [1.54, 1.807) is 0 Å². The molecular formula is C21H26FN5O. The summed E-state index contributed by atoms with van der Waals surface area (Å²) in [6, 6.07) is 7.15. The number of fused-ring (bicyclic) bond motifs is 1. The van der Waals surface area contributed by atoms with Gasteiger partial charge in [0.25, 0.3) is 5.91 Å². The summed E-state index contributed by atoms with van der Waals surface area (Å²) < 4.78 is 14.6. The highest BCUT2D eigenvalue weighted by atomic mass is 19.1. The minimum Gasteiger partial charge on any atom is -0.365 e. The molecule has 0 spiro atoms. The molecule has 1 aromatic heterocycles. The zero-order valence-corrected chi connectivity index (χ0v) is 15.8. The van der Waals surface area contributed by atoms with E-state index in [4.69, 9.17) is 11.5 Å². The van der Waals surface area contributed by atoms with Gasteiger partial charge >= 0.3 is 0 Å². The Bertz CT molecular complexity index is 901. The summed E-state index contributed by atoms with van der Waals surface area (Å²) in [5.74, 6) is -0.989. The van der Waals surface area contributed by atoms with Crippen molar-refractivity contribution < 1.29 is 9.18 Å². The molecule has 1 saturated carbocycles. The van der Waals surface area contributed by atoms with Gasteiger partial charge in [-0.3, -0.25) is 4.79 Å². The minimum absolute atomic E-state index is 0.0245. The Kier molecular flexibility index (Phi) is 5.17. The lowest BCUT2D eigenvalue weighted by atomic mass is 9.91. The van der Waals surface area contributed by atoms with Crippen LogP contribution in [0.5, 0.6) is 0 Å². The first-order valence-corrected chi connectivity index (χ1v) is 9.92. The van der Waals surface area contributed by atoms with E-state index >= 15 is 0 Å². The third-order valence-corrected chi connectivity index (χ3v) is 5.74. The van der Waals surface area contributed by atoms with Gasteiger partial charge in [-0.05, 0) is 61.4 Å². The smallest absolute Gasteiger partial charge is 0.252 e. The predicted molar refractivity (Wildman–Crippen MR) is 108 cm³/mol. The van der Waals surface area contributed by atoms with Gasteiger partial charge in [0.15, 0.2) is 11.6 Å². The Labute approximate surface area is 163 Å². The quantitative estimate of drug-likeness (QED) is 0.634. The topological polar surface area (TPSA) is 106 Å². The molecule has 1 amide bonds. The van der Waals surface area contributed by atoms with Gasteiger partial charge in [-0.15, -0.1) is 0 Å². The third-order valence-electron chi connectivity index (χ3n) is 5.74. The highest BCUT2D eigenvalue weighted by Crippen LogP contribution is 2.29. The van der Waals surface area contributed by atoms with E-state index < -0.39 is 11.7 Å². The minimum atomic E-state index is -0.726. The van der Waals surface area contributed by atoms with Crippen molar-refractivity contribution in [2.45, 2.75) is 57.0 Å². The zero-order valence-electron chi connectivity index (χ0n) is 15.8. The second-order valence-electron chi connectivity index (χ2n) is 7.74. The van der Waals surface area contributed by atoms with Crippen LogP contribution in [0, 0.1) is 5.82 Å². The average Bonchev–Trinajstić information content (AvgIpc) is 3.13. The molecule has 2 aromatic rings. The summed E-state index contributed by atoms with van der Waals surface area (Å²) >= 11 is 0. The maximum absolute atomic E-state index is 14.6. The summed E-state index contributed by atoms with van der Waals surface area (Å²) in [5, 5.41) is 6.28. The fourth-order valence-electron chi connectivity index (χ4n) is 4.17. The fourth-order valence-corrected chi connectivity index (χ4v) is 4.17. The summed E-state index contributed by atoms with van der Waals surface area (Å²) in [7, 11) is 0. The molecule has 6 N–H and O–H groups in total. The van der Waals surface area contributed by atoms with Crippen molar-refractivity contribution in [3.8, 4) is 0 Å². The Morgan fingerprint density at radius 3 is 2.64 bits per heavy atom. The number of nitrogens with zero attached hydrogens (tertiary/aromatic N) is 1. The number of aromatic nitrogens is 1. The van der Waals surface area contributed by atoms with Gasteiger partial charge in [-0.25, -0.2) is 9.37 Å². The zero-order chi connectivity index (χ0) is 19.7. The van der Waals surface area contributed by atoms with Crippen LogP contribution in [0.4, 0.5) is 21.7 Å². The second-order valence-corrected chi connectivity index (χ2v) is 7.74. The lowest BCUT2D eigenvalue weighted by Crippen LogP contribution is -2.43. The number of primary amides is 1. The largest absolute Gasteiger partial charge is 0.365 e. The summed E-state index contributed by atoms with van der Waals surface area (Å²) in [6.07, 6.45) is 7.18. The number of carbonyl (C=O) groups excluding carboxylic acids is 1. The Balaban J connectivity index is 1.63. The molecule has 7 heteroatoms. The number of pyridine rings is 1. The molecule has 4 rings (SSSR count). The van der Waals surface area contributed by atoms with Gasteiger partial charge in [-0.1, -0.05) is 18.9 Å². The van der Waals surface area contributed by atoms with Crippen LogP contribution in [0.2, 0.25) is 0 Å². The van der Waals surface area contributed by atoms with Crippen molar-refractivity contribution in [3.63, 3.8) is 0 Å². The first-order valence-electron chi connectivity index (χ1n) is 9.92. The van der Waals surface area contributed by atoms with E-state index in [0.717, 1.165) is 56.7 Å². The number of hydrogen-bond donors (Lipinski definition) is 4. The Morgan fingerprint density at radius 1 is 1.07 bits per heavy atom. The monoisotopic (exact) mass is 383 g/mol. The maximum atomic E-state index is 14.6. The lowest BCUT2D eigenvalue weighted by molar-refractivity contribution is 0.100. The number of rotatable bonds is 5. The van der Waals surface area contributed by atoms with Crippen LogP contribution >= 0.6 is 0 Å². The maximum Gasteiger partial charge on any atom is 0.252 e. The van der Waals surface area contributed by atoms with E-state index in [-0.39, 0.29) is 29.3 Å². The van der Waals surface area contributed by atoms with Crippen LogP contribution in [0.25, 0.3) is 0 Å². The molecule has 0 bridgehead atoms. The van der Waals surface area contributed by atoms with Crippen molar-refractivity contribution >= 4 is 23.2 Å². The van der Waals surface area contributed by atoms with Gasteiger partial charge in [-0.2, -0.15) is 0 Å². The van der Waals surface area contributed by atoms with Crippen LogP contribution < -0.4 is 22.1 Å². The van der Waals surface area contributed by atoms with E-state index in [1.165, 1.54) is 11.1 Å². The number of amides is 1. The van der Waals surface area contributed by atoms with Crippen LogP contribution in [-0.2, 0) is 12.8 Å². The van der Waals surface area contributed by atoms with Crippen LogP contribution in [0.1, 0.15) is 53.6 Å². The van der Waals surface area contributed by atoms with Crippen molar-refractivity contribution in [1.29, 1.82) is 0 Å². The Hall–Kier alpha value is -2.67. The van der Waals surface area contributed by atoms with E-state index in [1.807, 2.05) is 6.07 Å². The molecule has 148 valence electrons. The summed E-state index contributed by atoms with van der Waals surface area (Å²) in [4.78, 5) is 16.2. The molecule has 28 heavy (non-hydrogen) atoms. The molecule has 1 aromatic carbocycles. The average molecular weight is 383 g/mol. The number of nitrogens with one attached hydrogen (secondary N) is 2. The molecule has 2 aliphatic rings. The number of carbonyl (C=O) groups is 1. The molecule has 0 saturated heterocycles. The van der Waals surface area contributed by atoms with E-state index in [0.29, 0.717) is 0 Å². The van der Waals surface area contributed by atoms with Gasteiger partial charge in [0.1, 0.15) is 5.82 Å². The number of hydrogen-bond acceptors (Lipinski definition) is 5. The van der Waals surface area contributed by atoms with Crippen molar-refractivity contribution in [3.05, 3.63) is 46.8 Å². The predicted octanol–water partition coefficient (Wildman–Crippen LogP) is 3.23.